The number of hydrogen-bond donors (Lipinski definition) is 4. The largest absolute Gasteiger partial charge is 0.481 e. The van der Waals surface area contributed by atoms with Crippen molar-refractivity contribution >= 4 is 12.0 Å². The molecule has 1 saturated heterocycles. The fraction of sp³-hybridized carbons (Fsp3) is 0.579. The number of benzene rings is 1. The van der Waals surface area contributed by atoms with Crippen molar-refractivity contribution in [3.63, 3.8) is 0 Å². The van der Waals surface area contributed by atoms with Gasteiger partial charge in [-0.15, -0.1) is 0 Å². The molecular formula is C19H28N2O5. The lowest BCUT2D eigenvalue weighted by Gasteiger charge is -2.32. The van der Waals surface area contributed by atoms with Gasteiger partial charge in [0.2, 0.25) is 0 Å². The second-order valence-electron chi connectivity index (χ2n) is 6.81. The van der Waals surface area contributed by atoms with Crippen LogP contribution < -0.4 is 10.6 Å². The molecule has 2 amide bonds. The van der Waals surface area contributed by atoms with Crippen LogP contribution in [0.2, 0.25) is 0 Å². The maximum absolute atomic E-state index is 12.2. The van der Waals surface area contributed by atoms with Gasteiger partial charge in [0.1, 0.15) is 0 Å². The number of carboxylic acid groups (broad SMARTS) is 1. The zero-order chi connectivity index (χ0) is 18.8. The molecule has 2 rings (SSSR count). The van der Waals surface area contributed by atoms with Gasteiger partial charge in [0, 0.05) is 32.2 Å². The van der Waals surface area contributed by atoms with Gasteiger partial charge in [-0.2, -0.15) is 0 Å². The third-order valence-corrected chi connectivity index (χ3v) is 4.67. The number of amides is 2. The highest BCUT2D eigenvalue weighted by molar-refractivity contribution is 5.74. The number of aliphatic hydroxyl groups is 1. The fourth-order valence-electron chi connectivity index (χ4n) is 3.07. The topological polar surface area (TPSA) is 108 Å². The molecule has 0 aromatic heterocycles. The molecule has 0 radical (unpaired) electrons. The van der Waals surface area contributed by atoms with Crippen LogP contribution in [0.3, 0.4) is 0 Å². The Morgan fingerprint density at radius 3 is 2.54 bits per heavy atom. The molecule has 0 spiro atoms. The minimum atomic E-state index is -0.882. The summed E-state index contributed by atoms with van der Waals surface area (Å²) in [5, 5.41) is 24.9. The van der Waals surface area contributed by atoms with E-state index in [0.717, 1.165) is 5.56 Å². The molecule has 7 heteroatoms. The highest BCUT2D eigenvalue weighted by Crippen LogP contribution is 2.23. The van der Waals surface area contributed by atoms with Crippen LogP contribution in [0.25, 0.3) is 0 Å². The summed E-state index contributed by atoms with van der Waals surface area (Å²) in [5.41, 5.74) is 0.262. The van der Waals surface area contributed by atoms with Gasteiger partial charge in [0.15, 0.2) is 0 Å². The molecule has 1 aromatic carbocycles. The van der Waals surface area contributed by atoms with Gasteiger partial charge >= 0.3 is 12.0 Å². The lowest BCUT2D eigenvalue weighted by molar-refractivity contribution is -0.137. The molecule has 4 N–H and O–H groups in total. The third-order valence-electron chi connectivity index (χ3n) is 4.67. The van der Waals surface area contributed by atoms with E-state index in [1.807, 2.05) is 30.3 Å². The van der Waals surface area contributed by atoms with Crippen molar-refractivity contribution < 1.29 is 24.5 Å². The summed E-state index contributed by atoms with van der Waals surface area (Å²) in [6.07, 6.45) is 2.55. The van der Waals surface area contributed by atoms with E-state index in [0.29, 0.717) is 51.9 Å². The van der Waals surface area contributed by atoms with Crippen molar-refractivity contribution in [3.8, 4) is 0 Å². The molecule has 0 bridgehead atoms. The van der Waals surface area contributed by atoms with Gasteiger partial charge in [0.25, 0.3) is 0 Å². The van der Waals surface area contributed by atoms with Crippen LogP contribution >= 0.6 is 0 Å². The van der Waals surface area contributed by atoms with E-state index in [9.17, 15) is 14.7 Å². The summed E-state index contributed by atoms with van der Waals surface area (Å²) in [7, 11) is 0. The summed E-state index contributed by atoms with van der Waals surface area (Å²) in [5.74, 6) is -0.882. The smallest absolute Gasteiger partial charge is 0.315 e. The van der Waals surface area contributed by atoms with E-state index < -0.39 is 11.6 Å². The van der Waals surface area contributed by atoms with Crippen molar-refractivity contribution in [3.05, 3.63) is 35.9 Å². The van der Waals surface area contributed by atoms with Crippen LogP contribution in [-0.2, 0) is 16.0 Å². The number of urea groups is 1. The molecule has 1 aliphatic heterocycles. The second-order valence-corrected chi connectivity index (χ2v) is 6.81. The number of carbonyl (C=O) groups is 2. The number of carbonyl (C=O) groups excluding carboxylic acids is 1. The van der Waals surface area contributed by atoms with Crippen molar-refractivity contribution in [1.82, 2.24) is 10.6 Å². The molecule has 7 nitrogen and oxygen atoms in total. The predicted molar refractivity (Wildman–Crippen MR) is 97.0 cm³/mol. The summed E-state index contributed by atoms with van der Waals surface area (Å²) < 4.78 is 5.24. The standard InChI is InChI=1S/C19H28N2O5/c22-17(23)7-6-16(14-15-4-2-1-3-5-15)21-18(24)20-11-8-19(25)9-12-26-13-10-19/h1-5,16,25H,6-14H2,(H,22,23)(H2,20,21,24). The Hall–Kier alpha value is -2.12. The van der Waals surface area contributed by atoms with Crippen LogP contribution in [0.1, 0.15) is 37.7 Å². The first-order chi connectivity index (χ1) is 12.5. The average molecular weight is 364 g/mol. The highest BCUT2D eigenvalue weighted by atomic mass is 16.5. The van der Waals surface area contributed by atoms with Gasteiger partial charge in [-0.25, -0.2) is 4.79 Å². The molecular weight excluding hydrogens is 336 g/mol. The minimum Gasteiger partial charge on any atom is -0.481 e. The summed E-state index contributed by atoms with van der Waals surface area (Å²) in [6.45, 7) is 1.44. The number of hydrogen-bond acceptors (Lipinski definition) is 4. The quantitative estimate of drug-likeness (QED) is 0.533. The Morgan fingerprint density at radius 2 is 1.88 bits per heavy atom. The number of nitrogens with one attached hydrogen (secondary N) is 2. The Bertz CT molecular complexity index is 573. The zero-order valence-electron chi connectivity index (χ0n) is 14.9. The maximum Gasteiger partial charge on any atom is 0.315 e. The zero-order valence-corrected chi connectivity index (χ0v) is 14.9. The van der Waals surface area contributed by atoms with Crippen LogP contribution in [0.15, 0.2) is 30.3 Å². The van der Waals surface area contributed by atoms with Crippen LogP contribution in [0, 0.1) is 0 Å². The second kappa shape index (κ2) is 10.1. The Labute approximate surface area is 153 Å². The van der Waals surface area contributed by atoms with E-state index >= 15 is 0 Å². The van der Waals surface area contributed by atoms with E-state index in [4.69, 9.17) is 9.84 Å². The van der Waals surface area contributed by atoms with E-state index in [2.05, 4.69) is 10.6 Å². The molecule has 0 aliphatic carbocycles. The van der Waals surface area contributed by atoms with E-state index in [1.54, 1.807) is 0 Å². The summed E-state index contributed by atoms with van der Waals surface area (Å²) >= 11 is 0. The minimum absolute atomic E-state index is 0.00245. The summed E-state index contributed by atoms with van der Waals surface area (Å²) in [4.78, 5) is 23.0. The Kier molecular flexibility index (Phi) is 7.87. The average Bonchev–Trinajstić information content (AvgIpc) is 2.61. The van der Waals surface area contributed by atoms with Crippen molar-refractivity contribution in [2.24, 2.45) is 0 Å². The number of aliphatic carboxylic acids is 1. The van der Waals surface area contributed by atoms with E-state index in [-0.39, 0.29) is 18.5 Å². The molecule has 1 aliphatic rings. The van der Waals surface area contributed by atoms with Gasteiger partial charge in [-0.3, -0.25) is 4.79 Å². The fourth-order valence-corrected chi connectivity index (χ4v) is 3.07. The van der Waals surface area contributed by atoms with Crippen molar-refractivity contribution in [1.29, 1.82) is 0 Å². The molecule has 1 atom stereocenters. The molecule has 1 aromatic rings. The number of carboxylic acids is 1. The van der Waals surface area contributed by atoms with E-state index in [1.165, 1.54) is 0 Å². The first-order valence-corrected chi connectivity index (χ1v) is 9.07. The Balaban J connectivity index is 1.79. The molecule has 26 heavy (non-hydrogen) atoms. The highest BCUT2D eigenvalue weighted by Gasteiger charge is 2.29. The normalized spacial score (nSPS) is 17.3. The molecule has 1 heterocycles. The monoisotopic (exact) mass is 364 g/mol. The van der Waals surface area contributed by atoms with Gasteiger partial charge in [0.05, 0.1) is 5.60 Å². The SMILES string of the molecule is O=C(O)CCC(Cc1ccccc1)NC(=O)NCCC1(O)CCOCC1. The van der Waals surface area contributed by atoms with Gasteiger partial charge in [-0.05, 0) is 37.7 Å². The maximum atomic E-state index is 12.2. The van der Waals surface area contributed by atoms with Crippen LogP contribution in [-0.4, -0.2) is 53.6 Å². The van der Waals surface area contributed by atoms with Crippen LogP contribution in [0.5, 0.6) is 0 Å². The van der Waals surface area contributed by atoms with Crippen molar-refractivity contribution in [2.45, 2.75) is 50.2 Å². The molecule has 0 saturated carbocycles. The summed E-state index contributed by atoms with van der Waals surface area (Å²) in [6, 6.07) is 9.04. The number of ether oxygens (including phenoxy) is 1. The van der Waals surface area contributed by atoms with Gasteiger partial charge in [-0.1, -0.05) is 30.3 Å². The lowest BCUT2D eigenvalue weighted by Crippen LogP contribution is -2.45. The Morgan fingerprint density at radius 1 is 1.19 bits per heavy atom. The third kappa shape index (κ3) is 7.41. The predicted octanol–water partition coefficient (Wildman–Crippen LogP) is 1.69. The first-order valence-electron chi connectivity index (χ1n) is 9.07. The number of rotatable bonds is 9. The molecule has 1 unspecified atom stereocenters. The molecule has 144 valence electrons. The lowest BCUT2D eigenvalue weighted by atomic mass is 9.91. The van der Waals surface area contributed by atoms with Gasteiger partial charge < -0.3 is 25.6 Å². The van der Waals surface area contributed by atoms with Crippen molar-refractivity contribution in [2.75, 3.05) is 19.8 Å². The van der Waals surface area contributed by atoms with Crippen LogP contribution in [0.4, 0.5) is 4.79 Å². The molecule has 1 fully saturated rings. The first kappa shape index (κ1) is 20.2.